The average Bonchev–Trinajstić information content (AvgIpc) is 3.55. The van der Waals surface area contributed by atoms with Gasteiger partial charge in [-0.1, -0.05) is 29.9 Å². The third-order valence-corrected chi connectivity index (χ3v) is 5.41. The molecule has 34 heavy (non-hydrogen) atoms. The van der Waals surface area contributed by atoms with Crippen molar-refractivity contribution in [2.75, 3.05) is 18.5 Å². The number of benzene rings is 2. The molecule has 8 heteroatoms. The molecule has 2 amide bonds. The number of likely N-dealkylation sites (tertiary alicyclic amines) is 1. The van der Waals surface area contributed by atoms with Crippen molar-refractivity contribution >= 4 is 23.2 Å². The summed E-state index contributed by atoms with van der Waals surface area (Å²) < 4.78 is 1.90. The Morgan fingerprint density at radius 1 is 1.15 bits per heavy atom. The summed E-state index contributed by atoms with van der Waals surface area (Å²) in [6.07, 6.45) is 5.60. The normalized spacial score (nSPS) is 16.1. The summed E-state index contributed by atoms with van der Waals surface area (Å²) in [5.74, 6) is -0.646. The second-order valence-corrected chi connectivity index (χ2v) is 7.68. The van der Waals surface area contributed by atoms with Gasteiger partial charge in [0.05, 0.1) is 35.3 Å². The van der Waals surface area contributed by atoms with Crippen LogP contribution in [0.25, 0.3) is 5.69 Å². The summed E-state index contributed by atoms with van der Waals surface area (Å²) in [6, 6.07) is 18.8. The van der Waals surface area contributed by atoms with Gasteiger partial charge in [-0.05, 0) is 48.5 Å². The Bertz CT molecular complexity index is 1260. The number of carbonyl (C=O) groups is 2. The third-order valence-electron chi connectivity index (χ3n) is 5.41. The van der Waals surface area contributed by atoms with Gasteiger partial charge in [0.1, 0.15) is 12.6 Å². The first-order valence-corrected chi connectivity index (χ1v) is 10.7. The second-order valence-electron chi connectivity index (χ2n) is 7.68. The standard InChI is InChI=1S/C26H23N5O3/c1-2-15-34-29-21-16-24(31(18-21)26(33)20-11-9-19(17-27)10-12-20)25(32)28-22-7-3-4-8-23(22)30-13-5-6-14-30/h2-14,24H,1,15-16,18H2,(H,28,32)/t24-/m0/s1. The number of aromatic nitrogens is 1. The van der Waals surface area contributed by atoms with Gasteiger partial charge in [0, 0.05) is 24.4 Å². The van der Waals surface area contributed by atoms with Crippen molar-refractivity contribution in [1.82, 2.24) is 9.47 Å². The topological polar surface area (TPSA) is 99.7 Å². The summed E-state index contributed by atoms with van der Waals surface area (Å²) in [5.41, 5.74) is 2.87. The Kier molecular flexibility index (Phi) is 6.84. The number of hydrogen-bond donors (Lipinski definition) is 1. The number of nitrogens with zero attached hydrogens (tertiary/aromatic N) is 4. The highest BCUT2D eigenvalue weighted by Gasteiger charge is 2.38. The lowest BCUT2D eigenvalue weighted by Gasteiger charge is -2.24. The Labute approximate surface area is 197 Å². The minimum atomic E-state index is -0.771. The molecule has 1 aliphatic heterocycles. The Morgan fingerprint density at radius 2 is 1.88 bits per heavy atom. The predicted octanol–water partition coefficient (Wildman–Crippen LogP) is 3.76. The Morgan fingerprint density at radius 3 is 2.59 bits per heavy atom. The van der Waals surface area contributed by atoms with E-state index in [-0.39, 0.29) is 31.4 Å². The van der Waals surface area contributed by atoms with E-state index in [1.165, 1.54) is 4.90 Å². The van der Waals surface area contributed by atoms with Gasteiger partial charge < -0.3 is 19.6 Å². The maximum Gasteiger partial charge on any atom is 0.254 e. The number of amides is 2. The van der Waals surface area contributed by atoms with E-state index in [0.717, 1.165) is 5.69 Å². The zero-order valence-corrected chi connectivity index (χ0v) is 18.4. The highest BCUT2D eigenvalue weighted by atomic mass is 16.6. The van der Waals surface area contributed by atoms with Crippen LogP contribution in [0.15, 0.2) is 90.9 Å². The molecule has 0 radical (unpaired) electrons. The van der Waals surface area contributed by atoms with Crippen LogP contribution in [-0.4, -0.2) is 46.2 Å². The third kappa shape index (κ3) is 4.89. The lowest BCUT2D eigenvalue weighted by molar-refractivity contribution is -0.119. The van der Waals surface area contributed by atoms with Crippen LogP contribution in [-0.2, 0) is 9.63 Å². The number of oxime groups is 1. The summed E-state index contributed by atoms with van der Waals surface area (Å²) in [7, 11) is 0. The van der Waals surface area contributed by atoms with Gasteiger partial charge in [-0.25, -0.2) is 0 Å². The zero-order valence-electron chi connectivity index (χ0n) is 18.4. The molecule has 0 unspecified atom stereocenters. The lowest BCUT2D eigenvalue weighted by atomic mass is 10.1. The van der Waals surface area contributed by atoms with Crippen molar-refractivity contribution in [3.05, 3.63) is 96.8 Å². The average molecular weight is 454 g/mol. The van der Waals surface area contributed by atoms with Gasteiger partial charge in [0.25, 0.3) is 5.91 Å². The number of carbonyl (C=O) groups excluding carboxylic acids is 2. The molecule has 1 saturated heterocycles. The minimum Gasteiger partial charge on any atom is -0.392 e. The molecule has 4 rings (SSSR count). The number of hydrogen-bond acceptors (Lipinski definition) is 5. The second kappa shape index (κ2) is 10.3. The summed E-state index contributed by atoms with van der Waals surface area (Å²) in [5, 5.41) is 16.1. The smallest absolute Gasteiger partial charge is 0.254 e. The molecule has 1 atom stereocenters. The van der Waals surface area contributed by atoms with Crippen LogP contribution in [0.2, 0.25) is 0 Å². The molecule has 170 valence electrons. The SMILES string of the molecule is C=CCON=C1C[C@@H](C(=O)Nc2ccccc2-n2cccc2)N(C(=O)c2ccc(C#N)cc2)C1. The van der Waals surface area contributed by atoms with Gasteiger partial charge in [0.2, 0.25) is 5.91 Å². The van der Waals surface area contributed by atoms with Gasteiger partial charge in [-0.15, -0.1) is 0 Å². The van der Waals surface area contributed by atoms with E-state index in [2.05, 4.69) is 17.1 Å². The van der Waals surface area contributed by atoms with Gasteiger partial charge in [-0.3, -0.25) is 9.59 Å². The maximum atomic E-state index is 13.4. The van der Waals surface area contributed by atoms with Crippen LogP contribution in [0, 0.1) is 11.3 Å². The van der Waals surface area contributed by atoms with E-state index < -0.39 is 6.04 Å². The minimum absolute atomic E-state index is 0.160. The number of para-hydroxylation sites is 2. The molecule has 0 aliphatic carbocycles. The van der Waals surface area contributed by atoms with E-state index in [1.807, 2.05) is 59.4 Å². The molecule has 2 heterocycles. The number of anilines is 1. The van der Waals surface area contributed by atoms with Crippen molar-refractivity contribution in [2.45, 2.75) is 12.5 Å². The fraction of sp³-hybridized carbons (Fsp3) is 0.154. The molecular formula is C26H23N5O3. The van der Waals surface area contributed by atoms with Crippen LogP contribution in [0.3, 0.4) is 0 Å². The van der Waals surface area contributed by atoms with Crippen LogP contribution in [0.4, 0.5) is 5.69 Å². The van der Waals surface area contributed by atoms with Gasteiger partial charge >= 0.3 is 0 Å². The first-order chi connectivity index (χ1) is 16.6. The zero-order chi connectivity index (χ0) is 23.9. The molecular weight excluding hydrogens is 430 g/mol. The predicted molar refractivity (Wildman–Crippen MR) is 129 cm³/mol. The quantitative estimate of drug-likeness (QED) is 0.334. The Balaban J connectivity index is 1.60. The van der Waals surface area contributed by atoms with Crippen molar-refractivity contribution in [1.29, 1.82) is 5.26 Å². The molecule has 8 nitrogen and oxygen atoms in total. The van der Waals surface area contributed by atoms with Crippen LogP contribution in [0.5, 0.6) is 0 Å². The number of rotatable bonds is 7. The maximum absolute atomic E-state index is 13.4. The largest absolute Gasteiger partial charge is 0.392 e. The molecule has 1 fully saturated rings. The van der Waals surface area contributed by atoms with Crippen molar-refractivity contribution < 1.29 is 14.4 Å². The molecule has 0 saturated carbocycles. The van der Waals surface area contributed by atoms with Crippen LogP contribution < -0.4 is 5.32 Å². The molecule has 1 aliphatic rings. The van der Waals surface area contributed by atoms with Gasteiger partial charge in [0.15, 0.2) is 0 Å². The molecule has 2 aromatic carbocycles. The van der Waals surface area contributed by atoms with E-state index in [0.29, 0.717) is 22.5 Å². The highest BCUT2D eigenvalue weighted by molar-refractivity contribution is 6.08. The van der Waals surface area contributed by atoms with E-state index in [4.69, 9.17) is 10.1 Å². The first-order valence-electron chi connectivity index (χ1n) is 10.7. The molecule has 0 spiro atoms. The fourth-order valence-corrected chi connectivity index (χ4v) is 3.77. The number of nitrogens with one attached hydrogen (secondary N) is 1. The lowest BCUT2D eigenvalue weighted by Crippen LogP contribution is -2.43. The molecule has 3 aromatic rings. The van der Waals surface area contributed by atoms with E-state index in [1.54, 1.807) is 30.3 Å². The number of nitriles is 1. The van der Waals surface area contributed by atoms with Crippen LogP contribution >= 0.6 is 0 Å². The molecule has 0 bridgehead atoms. The van der Waals surface area contributed by atoms with Crippen molar-refractivity contribution in [2.24, 2.45) is 5.16 Å². The summed E-state index contributed by atoms with van der Waals surface area (Å²) in [6.45, 7) is 3.98. The van der Waals surface area contributed by atoms with Crippen molar-refractivity contribution in [3.63, 3.8) is 0 Å². The Hall–Kier alpha value is -4.64. The highest BCUT2D eigenvalue weighted by Crippen LogP contribution is 2.24. The van der Waals surface area contributed by atoms with Gasteiger partial charge in [-0.2, -0.15) is 5.26 Å². The molecule has 1 aromatic heterocycles. The van der Waals surface area contributed by atoms with E-state index >= 15 is 0 Å². The monoisotopic (exact) mass is 453 g/mol. The first kappa shape index (κ1) is 22.6. The fourth-order valence-electron chi connectivity index (χ4n) is 3.77. The molecule has 1 N–H and O–H groups in total. The van der Waals surface area contributed by atoms with E-state index in [9.17, 15) is 9.59 Å². The summed E-state index contributed by atoms with van der Waals surface area (Å²) in [4.78, 5) is 33.4. The van der Waals surface area contributed by atoms with Crippen LogP contribution in [0.1, 0.15) is 22.3 Å². The summed E-state index contributed by atoms with van der Waals surface area (Å²) >= 11 is 0. The van der Waals surface area contributed by atoms with Crippen molar-refractivity contribution in [3.8, 4) is 11.8 Å².